The van der Waals surface area contributed by atoms with Gasteiger partial charge in [-0.25, -0.2) is 9.98 Å². The Balaban J connectivity index is 1.71. The summed E-state index contributed by atoms with van der Waals surface area (Å²) in [7, 11) is 0. The van der Waals surface area contributed by atoms with Crippen LogP contribution >= 0.6 is 0 Å². The molecule has 0 aliphatic heterocycles. The molecule has 0 amide bonds. The second kappa shape index (κ2) is 7.10. The monoisotopic (exact) mass is 390 g/mol. The summed E-state index contributed by atoms with van der Waals surface area (Å²) >= 11 is 0. The van der Waals surface area contributed by atoms with Crippen molar-refractivity contribution in [3.63, 3.8) is 0 Å². The van der Waals surface area contributed by atoms with E-state index in [1.165, 1.54) is 12.1 Å². The maximum absolute atomic E-state index is 13.0. The maximum Gasteiger partial charge on any atom is 0.433 e. The topological polar surface area (TPSA) is 76.0 Å². The summed E-state index contributed by atoms with van der Waals surface area (Å²) < 4.78 is 39.1. The third kappa shape index (κ3) is 4.45. The van der Waals surface area contributed by atoms with Crippen molar-refractivity contribution in [2.24, 2.45) is 16.8 Å². The molecule has 2 saturated carbocycles. The molecule has 1 N–H and O–H groups in total. The Kier molecular flexibility index (Phi) is 4.76. The average molecular weight is 390 g/mol. The summed E-state index contributed by atoms with van der Waals surface area (Å²) in [4.78, 5) is 21.1. The zero-order chi connectivity index (χ0) is 19.9. The van der Waals surface area contributed by atoms with Crippen molar-refractivity contribution < 1.29 is 13.2 Å². The van der Waals surface area contributed by atoms with E-state index >= 15 is 0 Å². The zero-order valence-electron chi connectivity index (χ0n) is 15.7. The lowest BCUT2D eigenvalue weighted by atomic mass is 10.2. The van der Waals surface area contributed by atoms with Gasteiger partial charge in [-0.15, -0.1) is 0 Å². The van der Waals surface area contributed by atoms with Crippen LogP contribution in [0.5, 0.6) is 0 Å². The third-order valence-corrected chi connectivity index (χ3v) is 5.02. The number of rotatable bonds is 6. The van der Waals surface area contributed by atoms with Crippen molar-refractivity contribution in [3.05, 3.63) is 23.9 Å². The van der Waals surface area contributed by atoms with E-state index in [1.807, 2.05) is 13.8 Å². The van der Waals surface area contributed by atoms with Crippen molar-refractivity contribution in [2.45, 2.75) is 51.7 Å². The largest absolute Gasteiger partial charge is 0.433 e. The maximum atomic E-state index is 13.0. The van der Waals surface area contributed by atoms with Gasteiger partial charge in [-0.2, -0.15) is 28.1 Å². The van der Waals surface area contributed by atoms with Gasteiger partial charge in [0.1, 0.15) is 11.4 Å². The molecule has 148 valence electrons. The molecule has 1 atom stereocenters. The second-order valence-electron chi connectivity index (χ2n) is 7.49. The molecule has 4 rings (SSSR count). The van der Waals surface area contributed by atoms with Crippen molar-refractivity contribution in [2.75, 3.05) is 5.32 Å². The second-order valence-corrected chi connectivity index (χ2v) is 7.49. The van der Waals surface area contributed by atoms with Crippen molar-refractivity contribution in [1.82, 2.24) is 19.9 Å². The number of halogens is 3. The summed E-state index contributed by atoms with van der Waals surface area (Å²) in [6, 6.07) is 3.86. The lowest BCUT2D eigenvalue weighted by Gasteiger charge is -2.14. The first-order chi connectivity index (χ1) is 13.3. The lowest BCUT2D eigenvalue weighted by Crippen LogP contribution is -2.19. The number of pyridine rings is 1. The Morgan fingerprint density at radius 3 is 2.50 bits per heavy atom. The Hall–Kier alpha value is -2.58. The molecule has 28 heavy (non-hydrogen) atoms. The van der Waals surface area contributed by atoms with Gasteiger partial charge in [-0.3, -0.25) is 0 Å². The Morgan fingerprint density at radius 1 is 1.11 bits per heavy atom. The summed E-state index contributed by atoms with van der Waals surface area (Å²) in [6.45, 7) is 3.96. The summed E-state index contributed by atoms with van der Waals surface area (Å²) in [5, 5.41) is 3.24. The number of anilines is 1. The van der Waals surface area contributed by atoms with Gasteiger partial charge in [0.05, 0.1) is 0 Å². The van der Waals surface area contributed by atoms with Gasteiger partial charge in [0.15, 0.2) is 5.82 Å². The fourth-order valence-electron chi connectivity index (χ4n) is 2.98. The first-order valence-electron chi connectivity index (χ1n) is 9.42. The molecule has 2 aliphatic rings. The van der Waals surface area contributed by atoms with E-state index in [-0.39, 0.29) is 23.5 Å². The van der Waals surface area contributed by atoms with E-state index in [0.717, 1.165) is 37.5 Å². The smallest absolute Gasteiger partial charge is 0.351 e. The van der Waals surface area contributed by atoms with Gasteiger partial charge in [-0.1, -0.05) is 6.07 Å². The molecular formula is C19H21F3N6. The van der Waals surface area contributed by atoms with E-state index in [1.54, 1.807) is 0 Å². The molecule has 0 bridgehead atoms. The highest BCUT2D eigenvalue weighted by molar-refractivity contribution is 5.88. The fourth-order valence-corrected chi connectivity index (χ4v) is 2.98. The number of aliphatic imine (C=N–C) groups is 1. The van der Waals surface area contributed by atoms with Crippen LogP contribution in [0.1, 0.15) is 45.2 Å². The Labute approximate surface area is 160 Å². The third-order valence-electron chi connectivity index (χ3n) is 5.02. The van der Waals surface area contributed by atoms with Crippen LogP contribution in [0.15, 0.2) is 23.2 Å². The van der Waals surface area contributed by atoms with Gasteiger partial charge in [0.25, 0.3) is 5.95 Å². The molecule has 2 aliphatic carbocycles. The zero-order valence-corrected chi connectivity index (χ0v) is 15.7. The molecule has 0 saturated heterocycles. The fraction of sp³-hybridized carbons (Fsp3) is 0.526. The first kappa shape index (κ1) is 18.8. The normalized spacial score (nSPS) is 18.8. The molecule has 2 fully saturated rings. The molecular weight excluding hydrogens is 369 g/mol. The number of alkyl halides is 3. The molecule has 0 aromatic carbocycles. The number of nitrogens with zero attached hydrogens (tertiary/aromatic N) is 5. The van der Waals surface area contributed by atoms with Crippen LogP contribution in [0, 0.1) is 11.8 Å². The number of nitrogens with one attached hydrogen (secondary N) is 1. The van der Waals surface area contributed by atoms with Crippen LogP contribution in [0.3, 0.4) is 0 Å². The molecule has 2 heterocycles. The van der Waals surface area contributed by atoms with Gasteiger partial charge in [-0.05, 0) is 63.5 Å². The molecule has 2 aromatic heterocycles. The molecule has 6 nitrogen and oxygen atoms in total. The highest BCUT2D eigenvalue weighted by atomic mass is 19.4. The van der Waals surface area contributed by atoms with Gasteiger partial charge in [0, 0.05) is 11.8 Å². The van der Waals surface area contributed by atoms with Crippen LogP contribution in [-0.2, 0) is 6.18 Å². The standard InChI is InChI=1S/C19H21F3N6/c1-10(12-6-7-12)23-17-26-16(14-4-3-5-15(25-14)19(20,21)22)27-18(28-17)24-11(2)13-8-9-13/h3-5,10,12-13H,6-9H2,1-2H3,(H,23,26,27,28)/t10-/m0/s1. The Morgan fingerprint density at radius 2 is 1.86 bits per heavy atom. The molecule has 0 radical (unpaired) electrons. The quantitative estimate of drug-likeness (QED) is 0.726. The predicted octanol–water partition coefficient (Wildman–Crippen LogP) is 4.67. The predicted molar refractivity (Wildman–Crippen MR) is 99.4 cm³/mol. The van der Waals surface area contributed by atoms with Gasteiger partial charge >= 0.3 is 6.18 Å². The van der Waals surface area contributed by atoms with Crippen LogP contribution in [0.25, 0.3) is 11.5 Å². The van der Waals surface area contributed by atoms with E-state index in [4.69, 9.17) is 0 Å². The summed E-state index contributed by atoms with van der Waals surface area (Å²) in [5.41, 5.74) is -0.0132. The van der Waals surface area contributed by atoms with Crippen LogP contribution in [0.2, 0.25) is 0 Å². The minimum absolute atomic E-state index is 0.0416. The molecule has 9 heteroatoms. The first-order valence-corrected chi connectivity index (χ1v) is 9.42. The average Bonchev–Trinajstić information content (AvgIpc) is 3.53. The summed E-state index contributed by atoms with van der Waals surface area (Å²) in [6.07, 6.45) is -0.0626. The van der Waals surface area contributed by atoms with Crippen molar-refractivity contribution in [3.8, 4) is 11.5 Å². The summed E-state index contributed by atoms with van der Waals surface area (Å²) in [5.74, 6) is 1.58. The molecule has 0 unspecified atom stereocenters. The molecule has 0 spiro atoms. The van der Waals surface area contributed by atoms with Crippen LogP contribution < -0.4 is 5.32 Å². The number of hydrogen-bond acceptors (Lipinski definition) is 6. The lowest BCUT2D eigenvalue weighted by molar-refractivity contribution is -0.141. The van der Waals surface area contributed by atoms with E-state index in [9.17, 15) is 13.2 Å². The van der Waals surface area contributed by atoms with Crippen LogP contribution in [-0.4, -0.2) is 31.7 Å². The number of aromatic nitrogens is 4. The SMILES string of the molecule is CC(=Nc1nc(N[C@@H](C)C2CC2)nc(-c2cccc(C(F)(F)F)n2)n1)C1CC1. The minimum Gasteiger partial charge on any atom is -0.351 e. The number of hydrogen-bond donors (Lipinski definition) is 1. The van der Waals surface area contributed by atoms with Crippen molar-refractivity contribution >= 4 is 17.6 Å². The minimum atomic E-state index is -4.53. The Bertz CT molecular complexity index is 903. The van der Waals surface area contributed by atoms with E-state index < -0.39 is 11.9 Å². The highest BCUT2D eigenvalue weighted by Gasteiger charge is 2.33. The van der Waals surface area contributed by atoms with E-state index in [2.05, 4.69) is 30.2 Å². The highest BCUT2D eigenvalue weighted by Crippen LogP contribution is 2.34. The van der Waals surface area contributed by atoms with E-state index in [0.29, 0.717) is 17.8 Å². The van der Waals surface area contributed by atoms with Gasteiger partial charge in [0.2, 0.25) is 5.95 Å². The van der Waals surface area contributed by atoms with Crippen LogP contribution in [0.4, 0.5) is 25.1 Å². The molecule has 2 aromatic rings. The van der Waals surface area contributed by atoms with Gasteiger partial charge < -0.3 is 5.32 Å². The van der Waals surface area contributed by atoms with Crippen molar-refractivity contribution in [1.29, 1.82) is 0 Å².